The van der Waals surface area contributed by atoms with Gasteiger partial charge >= 0.3 is 35.9 Å². The van der Waals surface area contributed by atoms with Crippen LogP contribution >= 0.6 is 0 Å². The highest BCUT2D eigenvalue weighted by Crippen LogP contribution is 2.18. The second-order valence-electron chi connectivity index (χ2n) is 23.8. The molecule has 0 aliphatic heterocycles. The number of hydrogen-bond donors (Lipinski definition) is 4. The molecule has 0 aliphatic carbocycles. The Labute approximate surface area is 450 Å². The maximum Gasteiger partial charge on any atom is 0.329 e. The fraction of sp³-hybridized carbons (Fsp3) is 0.691. The van der Waals surface area contributed by atoms with Gasteiger partial charge in [-0.3, -0.25) is 28.9 Å². The third-order valence-corrected chi connectivity index (χ3v) is 10.3. The van der Waals surface area contributed by atoms with Crippen molar-refractivity contribution in [3.63, 3.8) is 0 Å². The molecule has 0 unspecified atom stereocenters. The third kappa shape index (κ3) is 30.3. The standard InChI is InChI=1S/C55H89N7O14/c1-51(2,3)72-45(66)28-27-41(49(70)76-55(13,14)15)59-50(71)58-40(48(69)75-54(10,11)12)21-18-19-29-57-43(64)22-17-16-20-31-60(33-38-23-25-39(63)26-24-38)34-42-56-30-32-61(42)35-44(65)62(36-46(67)73-52(4,5)6)37-47(68)74-53(7,8)9/h23-26,30,32,40-41,63H,16-22,27-29,31,33-37H2,1-15H3,(H,57,64)(H2,58,59,71)/t40-,41-/m0/s1. The smallest absolute Gasteiger partial charge is 0.329 e. The van der Waals surface area contributed by atoms with Crippen LogP contribution < -0.4 is 16.0 Å². The minimum absolute atomic E-state index is 0.104. The number of nitrogens with one attached hydrogen (secondary N) is 3. The van der Waals surface area contributed by atoms with E-state index in [4.69, 9.17) is 23.7 Å². The number of hydrogen-bond acceptors (Lipinski definition) is 16. The van der Waals surface area contributed by atoms with E-state index < -0.39 is 95.0 Å². The summed E-state index contributed by atoms with van der Waals surface area (Å²) < 4.78 is 29.0. The van der Waals surface area contributed by atoms with E-state index in [-0.39, 0.29) is 43.9 Å². The van der Waals surface area contributed by atoms with E-state index in [2.05, 4.69) is 25.8 Å². The van der Waals surface area contributed by atoms with E-state index in [0.29, 0.717) is 51.3 Å². The van der Waals surface area contributed by atoms with Gasteiger partial charge in [-0.15, -0.1) is 0 Å². The number of imidazole rings is 1. The maximum absolute atomic E-state index is 13.8. The molecule has 0 radical (unpaired) electrons. The zero-order valence-electron chi connectivity index (χ0n) is 48.0. The lowest BCUT2D eigenvalue weighted by molar-refractivity contribution is -0.164. The van der Waals surface area contributed by atoms with Gasteiger partial charge in [-0.1, -0.05) is 18.6 Å². The van der Waals surface area contributed by atoms with E-state index >= 15 is 0 Å². The Hall–Kier alpha value is -6.25. The predicted octanol–water partition coefficient (Wildman–Crippen LogP) is 6.79. The number of phenols is 1. The summed E-state index contributed by atoms with van der Waals surface area (Å²) in [6.45, 7) is 26.2. The van der Waals surface area contributed by atoms with Crippen LogP contribution in [0.5, 0.6) is 5.75 Å². The van der Waals surface area contributed by atoms with Crippen LogP contribution in [0.1, 0.15) is 173 Å². The Kier molecular flexibility index (Phi) is 25.9. The zero-order valence-corrected chi connectivity index (χ0v) is 48.0. The Bertz CT molecular complexity index is 2180. The summed E-state index contributed by atoms with van der Waals surface area (Å²) in [6, 6.07) is 3.71. The van der Waals surface area contributed by atoms with Crippen molar-refractivity contribution in [3.8, 4) is 5.75 Å². The van der Waals surface area contributed by atoms with Crippen LogP contribution in [-0.4, -0.2) is 138 Å². The minimum Gasteiger partial charge on any atom is -0.508 e. The first-order valence-electron chi connectivity index (χ1n) is 26.2. The van der Waals surface area contributed by atoms with Crippen molar-refractivity contribution in [2.24, 2.45) is 0 Å². The Morgan fingerprint density at radius 2 is 1.09 bits per heavy atom. The SMILES string of the molecule is CC(C)(C)OC(=O)CC[C@H](NC(=O)N[C@@H](CCCCNC(=O)CCCCCN(Cc1ccc(O)cc1)Cc1nccn1CC(=O)N(CC(=O)OC(C)(C)C)CC(=O)OC(C)(C)C)C(=O)OC(C)(C)C)C(=O)OC(C)(C)C. The third-order valence-electron chi connectivity index (χ3n) is 10.3. The van der Waals surface area contributed by atoms with Gasteiger partial charge in [0.2, 0.25) is 11.8 Å². The van der Waals surface area contributed by atoms with Crippen LogP contribution in [-0.2, 0) is 76.9 Å². The lowest BCUT2D eigenvalue weighted by atomic mass is 10.1. The summed E-state index contributed by atoms with van der Waals surface area (Å²) in [5, 5.41) is 18.0. The topological polar surface area (TPSA) is 263 Å². The summed E-state index contributed by atoms with van der Waals surface area (Å²) in [4.78, 5) is 112. The van der Waals surface area contributed by atoms with Crippen molar-refractivity contribution in [1.82, 2.24) is 35.3 Å². The number of esters is 5. The van der Waals surface area contributed by atoms with Crippen LogP contribution in [0.4, 0.5) is 4.79 Å². The van der Waals surface area contributed by atoms with Gasteiger partial charge in [0.05, 0.1) is 6.54 Å². The maximum atomic E-state index is 13.8. The molecule has 1 heterocycles. The summed E-state index contributed by atoms with van der Waals surface area (Å²) in [7, 11) is 0. The highest BCUT2D eigenvalue weighted by atomic mass is 16.6. The number of benzene rings is 1. The molecule has 428 valence electrons. The fourth-order valence-corrected chi connectivity index (χ4v) is 7.29. The molecule has 0 saturated carbocycles. The number of ether oxygens (including phenoxy) is 5. The van der Waals surface area contributed by atoms with Crippen molar-refractivity contribution in [2.75, 3.05) is 26.2 Å². The molecule has 4 amide bonds. The molecule has 0 saturated heterocycles. The summed E-state index contributed by atoms with van der Waals surface area (Å²) in [5.41, 5.74) is -3.15. The summed E-state index contributed by atoms with van der Waals surface area (Å²) in [5.74, 6) is -3.27. The lowest BCUT2D eigenvalue weighted by Crippen LogP contribution is -2.53. The van der Waals surface area contributed by atoms with Crippen molar-refractivity contribution < 1.29 is 67.1 Å². The monoisotopic (exact) mass is 1070 g/mol. The van der Waals surface area contributed by atoms with E-state index in [1.165, 1.54) is 0 Å². The number of urea groups is 1. The number of aromatic hydroxyl groups is 1. The van der Waals surface area contributed by atoms with Gasteiger partial charge in [0.25, 0.3) is 0 Å². The van der Waals surface area contributed by atoms with Crippen LogP contribution in [0, 0.1) is 0 Å². The second-order valence-corrected chi connectivity index (χ2v) is 23.8. The van der Waals surface area contributed by atoms with Crippen molar-refractivity contribution in [1.29, 1.82) is 0 Å². The average Bonchev–Trinajstić information content (AvgIpc) is 3.67. The Morgan fingerprint density at radius 1 is 0.592 bits per heavy atom. The van der Waals surface area contributed by atoms with Gasteiger partial charge in [0, 0.05) is 38.3 Å². The van der Waals surface area contributed by atoms with Gasteiger partial charge in [0.1, 0.15) is 71.3 Å². The molecule has 21 heteroatoms. The number of aromatic nitrogens is 2. The number of unbranched alkanes of at least 4 members (excludes halogenated alkanes) is 3. The number of carbonyl (C=O) groups is 8. The predicted molar refractivity (Wildman–Crippen MR) is 284 cm³/mol. The number of phenolic OH excluding ortho intramolecular Hbond substituents is 1. The number of rotatable bonds is 28. The Morgan fingerprint density at radius 3 is 1.61 bits per heavy atom. The quantitative estimate of drug-likeness (QED) is 0.0388. The summed E-state index contributed by atoms with van der Waals surface area (Å²) in [6.07, 6.45) is 6.37. The van der Waals surface area contributed by atoms with E-state index in [9.17, 15) is 43.5 Å². The molecule has 2 rings (SSSR count). The molecule has 0 fully saturated rings. The van der Waals surface area contributed by atoms with Crippen LogP contribution in [0.25, 0.3) is 0 Å². The molecular formula is C55H89N7O14. The van der Waals surface area contributed by atoms with Crippen molar-refractivity contribution >= 4 is 47.7 Å². The van der Waals surface area contributed by atoms with E-state index in [1.54, 1.807) is 133 Å². The van der Waals surface area contributed by atoms with Crippen LogP contribution in [0.3, 0.4) is 0 Å². The molecule has 0 bridgehead atoms. The second kappa shape index (κ2) is 29.9. The Balaban J connectivity index is 2.02. The molecule has 2 atom stereocenters. The number of carbonyl (C=O) groups excluding carboxylic acids is 8. The molecule has 0 aliphatic rings. The van der Waals surface area contributed by atoms with Crippen LogP contribution in [0.2, 0.25) is 0 Å². The minimum atomic E-state index is -1.22. The summed E-state index contributed by atoms with van der Waals surface area (Å²) >= 11 is 0. The molecule has 76 heavy (non-hydrogen) atoms. The highest BCUT2D eigenvalue weighted by Gasteiger charge is 2.32. The van der Waals surface area contributed by atoms with Gasteiger partial charge in [-0.2, -0.15) is 0 Å². The van der Waals surface area contributed by atoms with Crippen molar-refractivity contribution in [2.45, 2.75) is 221 Å². The van der Waals surface area contributed by atoms with Gasteiger partial charge < -0.3 is 54.2 Å². The average molecular weight is 1070 g/mol. The van der Waals surface area contributed by atoms with E-state index in [0.717, 1.165) is 23.3 Å². The molecule has 1 aromatic carbocycles. The van der Waals surface area contributed by atoms with E-state index in [1.807, 2.05) is 12.1 Å². The van der Waals surface area contributed by atoms with Crippen LogP contribution in [0.15, 0.2) is 36.7 Å². The first-order valence-corrected chi connectivity index (χ1v) is 26.2. The first-order chi connectivity index (χ1) is 35.0. The molecule has 4 N–H and O–H groups in total. The molecule has 2 aromatic rings. The zero-order chi connectivity index (χ0) is 57.7. The highest BCUT2D eigenvalue weighted by molar-refractivity contribution is 5.88. The molecule has 21 nitrogen and oxygen atoms in total. The normalized spacial score (nSPS) is 12.9. The molecule has 0 spiro atoms. The molecule has 1 aromatic heterocycles. The lowest BCUT2D eigenvalue weighted by Gasteiger charge is -2.27. The fourth-order valence-electron chi connectivity index (χ4n) is 7.29. The molecular weight excluding hydrogens is 983 g/mol. The first kappa shape index (κ1) is 65.9. The van der Waals surface area contributed by atoms with Crippen molar-refractivity contribution in [3.05, 3.63) is 48.0 Å². The van der Waals surface area contributed by atoms with Gasteiger partial charge in [-0.05, 0) is 167 Å². The number of amides is 4. The largest absolute Gasteiger partial charge is 0.508 e. The van der Waals surface area contributed by atoms with Gasteiger partial charge in [-0.25, -0.2) is 19.4 Å². The van der Waals surface area contributed by atoms with Gasteiger partial charge in [0.15, 0.2) is 0 Å². The number of nitrogens with zero attached hydrogens (tertiary/aromatic N) is 4.